The number of amides is 1. The van der Waals surface area contributed by atoms with E-state index in [9.17, 15) is 14.0 Å². The van der Waals surface area contributed by atoms with E-state index in [0.29, 0.717) is 42.4 Å². The zero-order chi connectivity index (χ0) is 18.7. The van der Waals surface area contributed by atoms with E-state index in [2.05, 4.69) is 5.10 Å². The van der Waals surface area contributed by atoms with Crippen molar-refractivity contribution in [3.8, 4) is 5.88 Å². The molecule has 0 N–H and O–H groups in total. The number of nitrogens with zero attached hydrogens (tertiary/aromatic N) is 3. The molecular weight excluding hydrogens is 361 g/mol. The molecule has 8 heteroatoms. The molecule has 138 valence electrons. The molecule has 2 heterocycles. The van der Waals surface area contributed by atoms with Crippen LogP contribution in [0.3, 0.4) is 0 Å². The molecule has 0 bridgehead atoms. The Labute approximate surface area is 155 Å². The number of hydrogen-bond acceptors (Lipinski definition) is 4. The predicted molar refractivity (Wildman–Crippen MR) is 94.9 cm³/mol. The molecule has 1 aromatic heterocycles. The zero-order valence-electron chi connectivity index (χ0n) is 14.3. The van der Waals surface area contributed by atoms with Crippen molar-refractivity contribution in [2.75, 3.05) is 13.1 Å². The summed E-state index contributed by atoms with van der Waals surface area (Å²) in [5.41, 5.74) is -0.0333. The van der Waals surface area contributed by atoms with Crippen LogP contribution in [0.25, 0.3) is 0 Å². The monoisotopic (exact) mass is 379 g/mol. The van der Waals surface area contributed by atoms with Gasteiger partial charge in [0, 0.05) is 55.6 Å². The maximum atomic E-state index is 14.0. The summed E-state index contributed by atoms with van der Waals surface area (Å²) in [6.07, 6.45) is 1.33. The van der Waals surface area contributed by atoms with Crippen LogP contribution in [0.2, 0.25) is 5.02 Å². The molecule has 1 fully saturated rings. The van der Waals surface area contributed by atoms with Crippen LogP contribution < -0.4 is 10.3 Å². The number of benzene rings is 1. The third-order valence-electron chi connectivity index (χ3n) is 4.35. The van der Waals surface area contributed by atoms with Gasteiger partial charge in [-0.2, -0.15) is 0 Å². The zero-order valence-corrected chi connectivity index (χ0v) is 15.1. The fraction of sp³-hybridized carbons (Fsp3) is 0.389. The van der Waals surface area contributed by atoms with Crippen molar-refractivity contribution in [3.05, 3.63) is 57.1 Å². The summed E-state index contributed by atoms with van der Waals surface area (Å²) in [6.45, 7) is 2.81. The highest BCUT2D eigenvalue weighted by molar-refractivity contribution is 6.30. The molecule has 0 atom stereocenters. The minimum atomic E-state index is -0.492. The first-order chi connectivity index (χ1) is 12.4. The molecule has 1 aliphatic rings. The van der Waals surface area contributed by atoms with Gasteiger partial charge in [-0.15, -0.1) is 5.10 Å². The Kier molecular flexibility index (Phi) is 5.56. The molecule has 1 saturated heterocycles. The fourth-order valence-corrected chi connectivity index (χ4v) is 3.04. The van der Waals surface area contributed by atoms with E-state index in [1.807, 2.05) is 0 Å². The first-order valence-electron chi connectivity index (χ1n) is 8.36. The van der Waals surface area contributed by atoms with E-state index < -0.39 is 5.82 Å². The van der Waals surface area contributed by atoms with Crippen molar-refractivity contribution < 1.29 is 13.9 Å². The average molecular weight is 380 g/mol. The number of ether oxygens (including phenoxy) is 1. The summed E-state index contributed by atoms with van der Waals surface area (Å²) in [6, 6.07) is 7.14. The van der Waals surface area contributed by atoms with Crippen molar-refractivity contribution in [2.45, 2.75) is 32.4 Å². The molecule has 0 aliphatic carbocycles. The van der Waals surface area contributed by atoms with Crippen LogP contribution in [0.5, 0.6) is 5.88 Å². The Hall–Kier alpha value is -2.41. The summed E-state index contributed by atoms with van der Waals surface area (Å²) in [4.78, 5) is 25.2. The molecule has 1 aromatic carbocycles. The quantitative estimate of drug-likeness (QED) is 0.818. The van der Waals surface area contributed by atoms with Crippen LogP contribution in [0, 0.1) is 5.82 Å². The summed E-state index contributed by atoms with van der Waals surface area (Å²) in [5.74, 6) is -0.130. The number of carbonyl (C=O) groups is 1. The molecule has 2 aromatic rings. The lowest BCUT2D eigenvalue weighted by Crippen LogP contribution is -2.40. The summed E-state index contributed by atoms with van der Waals surface area (Å²) < 4.78 is 21.0. The van der Waals surface area contributed by atoms with Crippen LogP contribution in [-0.2, 0) is 11.3 Å². The molecule has 3 rings (SSSR count). The smallest absolute Gasteiger partial charge is 0.267 e. The van der Waals surface area contributed by atoms with E-state index in [-0.39, 0.29) is 24.1 Å². The molecule has 26 heavy (non-hydrogen) atoms. The summed E-state index contributed by atoms with van der Waals surface area (Å²) >= 11 is 5.75. The maximum absolute atomic E-state index is 14.0. The van der Waals surface area contributed by atoms with Crippen LogP contribution in [-0.4, -0.2) is 39.8 Å². The predicted octanol–water partition coefficient (Wildman–Crippen LogP) is 2.47. The van der Waals surface area contributed by atoms with Crippen LogP contribution in [0.4, 0.5) is 4.39 Å². The first-order valence-corrected chi connectivity index (χ1v) is 8.74. The van der Waals surface area contributed by atoms with E-state index in [0.717, 1.165) is 4.68 Å². The average Bonchev–Trinajstić information content (AvgIpc) is 2.60. The van der Waals surface area contributed by atoms with Crippen LogP contribution >= 0.6 is 11.6 Å². The van der Waals surface area contributed by atoms with Gasteiger partial charge in [-0.3, -0.25) is 9.59 Å². The number of likely N-dealkylation sites (tertiary alicyclic amines) is 1. The van der Waals surface area contributed by atoms with Crippen molar-refractivity contribution in [1.82, 2.24) is 14.7 Å². The Morgan fingerprint density at radius 3 is 2.69 bits per heavy atom. The largest absolute Gasteiger partial charge is 0.473 e. The van der Waals surface area contributed by atoms with Crippen LogP contribution in [0.15, 0.2) is 35.1 Å². The lowest BCUT2D eigenvalue weighted by atomic mass is 10.1. The third-order valence-corrected chi connectivity index (χ3v) is 4.59. The standard InChI is InChI=1S/C18H19ClFN3O3/c1-12(24)22-8-6-15(7-9-22)26-17-4-5-18(25)23(21-17)11-13-2-3-14(19)10-16(13)20/h2-5,10,15H,6-9,11H2,1H3. The molecule has 1 aliphatic heterocycles. The number of rotatable bonds is 4. The Bertz CT molecular complexity index is 863. The first kappa shape index (κ1) is 18.4. The lowest BCUT2D eigenvalue weighted by molar-refractivity contribution is -0.130. The number of aromatic nitrogens is 2. The van der Waals surface area contributed by atoms with Crippen LogP contribution in [0.1, 0.15) is 25.3 Å². The molecule has 0 saturated carbocycles. The molecule has 0 unspecified atom stereocenters. The van der Waals surface area contributed by atoms with Crippen molar-refractivity contribution in [3.63, 3.8) is 0 Å². The molecule has 1 amide bonds. The Morgan fingerprint density at radius 1 is 1.31 bits per heavy atom. The minimum Gasteiger partial charge on any atom is -0.473 e. The number of piperidine rings is 1. The third kappa shape index (κ3) is 4.40. The van der Waals surface area contributed by atoms with Gasteiger partial charge in [-0.25, -0.2) is 9.07 Å². The molecule has 0 radical (unpaired) electrons. The Balaban J connectivity index is 1.70. The Morgan fingerprint density at radius 2 is 2.04 bits per heavy atom. The summed E-state index contributed by atoms with van der Waals surface area (Å²) in [7, 11) is 0. The van der Waals surface area contributed by atoms with Crippen molar-refractivity contribution in [2.24, 2.45) is 0 Å². The van der Waals surface area contributed by atoms with Gasteiger partial charge in [-0.1, -0.05) is 17.7 Å². The summed E-state index contributed by atoms with van der Waals surface area (Å²) in [5, 5.41) is 4.47. The molecule has 6 nitrogen and oxygen atoms in total. The van der Waals surface area contributed by atoms with E-state index in [1.165, 1.54) is 24.3 Å². The van der Waals surface area contributed by atoms with E-state index in [4.69, 9.17) is 16.3 Å². The highest BCUT2D eigenvalue weighted by Crippen LogP contribution is 2.18. The minimum absolute atomic E-state index is 0.0121. The van der Waals surface area contributed by atoms with Gasteiger partial charge in [0.25, 0.3) is 5.56 Å². The van der Waals surface area contributed by atoms with E-state index >= 15 is 0 Å². The molecular formula is C18H19ClFN3O3. The highest BCUT2D eigenvalue weighted by Gasteiger charge is 2.22. The lowest BCUT2D eigenvalue weighted by Gasteiger charge is -2.31. The van der Waals surface area contributed by atoms with Gasteiger partial charge < -0.3 is 9.64 Å². The van der Waals surface area contributed by atoms with Crippen molar-refractivity contribution >= 4 is 17.5 Å². The van der Waals surface area contributed by atoms with Gasteiger partial charge in [-0.05, 0) is 12.1 Å². The van der Waals surface area contributed by atoms with Gasteiger partial charge in [0.05, 0.1) is 6.54 Å². The van der Waals surface area contributed by atoms with Gasteiger partial charge in [0.1, 0.15) is 11.9 Å². The van der Waals surface area contributed by atoms with Gasteiger partial charge in [0.2, 0.25) is 11.8 Å². The normalized spacial score (nSPS) is 15.1. The van der Waals surface area contributed by atoms with Crippen molar-refractivity contribution in [1.29, 1.82) is 0 Å². The van der Waals surface area contributed by atoms with Gasteiger partial charge >= 0.3 is 0 Å². The second-order valence-corrected chi connectivity index (χ2v) is 6.66. The number of carbonyl (C=O) groups excluding carboxylic acids is 1. The maximum Gasteiger partial charge on any atom is 0.267 e. The fourth-order valence-electron chi connectivity index (χ4n) is 2.88. The second-order valence-electron chi connectivity index (χ2n) is 6.23. The number of hydrogen-bond donors (Lipinski definition) is 0. The number of halogens is 2. The second kappa shape index (κ2) is 7.86. The topological polar surface area (TPSA) is 64.4 Å². The SMILES string of the molecule is CC(=O)N1CCC(Oc2ccc(=O)n(Cc3ccc(Cl)cc3F)n2)CC1. The van der Waals surface area contributed by atoms with E-state index in [1.54, 1.807) is 17.9 Å². The van der Waals surface area contributed by atoms with Gasteiger partial charge in [0.15, 0.2) is 0 Å². The highest BCUT2D eigenvalue weighted by atomic mass is 35.5. The molecule has 0 spiro atoms.